The van der Waals surface area contributed by atoms with Gasteiger partial charge in [0.1, 0.15) is 18.2 Å². The summed E-state index contributed by atoms with van der Waals surface area (Å²) in [5.41, 5.74) is 0.313. The molecule has 1 saturated heterocycles. The van der Waals surface area contributed by atoms with Crippen molar-refractivity contribution in [3.63, 3.8) is 0 Å². The first kappa shape index (κ1) is 10.6. The molecule has 1 aromatic heterocycles. The Morgan fingerprint density at radius 2 is 2.38 bits per heavy atom. The first-order chi connectivity index (χ1) is 7.83. The molecule has 1 aliphatic heterocycles. The zero-order valence-electron chi connectivity index (χ0n) is 8.83. The highest BCUT2D eigenvalue weighted by Gasteiger charge is 2.20. The molecule has 0 saturated carbocycles. The van der Waals surface area contributed by atoms with E-state index in [-0.39, 0.29) is 5.92 Å². The summed E-state index contributed by atoms with van der Waals surface area (Å²) in [6.45, 7) is 1.59. The summed E-state index contributed by atoms with van der Waals surface area (Å²) in [6, 6.07) is 1.93. The van der Waals surface area contributed by atoms with Crippen molar-refractivity contribution in [3.8, 4) is 6.07 Å². The molecule has 1 fully saturated rings. The third-order valence-electron chi connectivity index (χ3n) is 2.73. The van der Waals surface area contributed by atoms with Crippen molar-refractivity contribution in [2.45, 2.75) is 12.8 Å². The fourth-order valence-corrected chi connectivity index (χ4v) is 1.87. The number of anilines is 1. The molecule has 0 spiro atoms. The number of aldehydes is 1. The summed E-state index contributed by atoms with van der Waals surface area (Å²) in [5.74, 6) is 0.830. The first-order valence-electron chi connectivity index (χ1n) is 5.26. The van der Waals surface area contributed by atoms with E-state index in [1.54, 1.807) is 6.20 Å². The third kappa shape index (κ3) is 2.16. The molecule has 2 heterocycles. The van der Waals surface area contributed by atoms with E-state index in [1.165, 1.54) is 6.20 Å². The molecule has 5 heteroatoms. The number of piperidine rings is 1. The Morgan fingerprint density at radius 3 is 3.00 bits per heavy atom. The second kappa shape index (κ2) is 4.71. The van der Waals surface area contributed by atoms with E-state index in [2.05, 4.69) is 9.97 Å². The fraction of sp³-hybridized carbons (Fsp3) is 0.455. The quantitative estimate of drug-likeness (QED) is 0.683. The standard InChI is InChI=1S/C11H12N4O/c12-4-10-5-14-11(6-13-10)15-3-1-2-9(7-15)8-16/h5-6,8-9H,1-3,7H2. The van der Waals surface area contributed by atoms with Gasteiger partial charge in [0.15, 0.2) is 5.69 Å². The van der Waals surface area contributed by atoms with Gasteiger partial charge in [-0.25, -0.2) is 9.97 Å². The lowest BCUT2D eigenvalue weighted by Gasteiger charge is -2.30. The Balaban J connectivity index is 2.11. The predicted molar refractivity (Wildman–Crippen MR) is 57.7 cm³/mol. The summed E-state index contributed by atoms with van der Waals surface area (Å²) in [6.07, 6.45) is 5.99. The second-order valence-corrected chi connectivity index (χ2v) is 3.86. The Labute approximate surface area is 93.7 Å². The molecular formula is C11H12N4O. The van der Waals surface area contributed by atoms with E-state index in [0.717, 1.165) is 31.5 Å². The van der Waals surface area contributed by atoms with Gasteiger partial charge in [0, 0.05) is 19.0 Å². The zero-order valence-corrected chi connectivity index (χ0v) is 8.83. The normalized spacial score (nSPS) is 20.2. The summed E-state index contributed by atoms with van der Waals surface area (Å²) in [7, 11) is 0. The lowest BCUT2D eigenvalue weighted by molar-refractivity contribution is -0.111. The van der Waals surface area contributed by atoms with Gasteiger partial charge in [-0.1, -0.05) is 0 Å². The highest BCUT2D eigenvalue weighted by molar-refractivity contribution is 5.56. The lowest BCUT2D eigenvalue weighted by Crippen LogP contribution is -2.36. The number of rotatable bonds is 2. The summed E-state index contributed by atoms with van der Waals surface area (Å²) >= 11 is 0. The summed E-state index contributed by atoms with van der Waals surface area (Å²) < 4.78 is 0. The summed E-state index contributed by atoms with van der Waals surface area (Å²) in [4.78, 5) is 20.9. The molecule has 1 aromatic rings. The van der Waals surface area contributed by atoms with Crippen molar-refractivity contribution in [2.75, 3.05) is 18.0 Å². The minimum atomic E-state index is 0.0891. The maximum Gasteiger partial charge on any atom is 0.158 e. The van der Waals surface area contributed by atoms with Crippen LogP contribution in [0, 0.1) is 17.2 Å². The van der Waals surface area contributed by atoms with Crippen LogP contribution >= 0.6 is 0 Å². The van der Waals surface area contributed by atoms with Crippen molar-refractivity contribution in [2.24, 2.45) is 5.92 Å². The highest BCUT2D eigenvalue weighted by Crippen LogP contribution is 2.19. The van der Waals surface area contributed by atoms with E-state index in [0.29, 0.717) is 12.2 Å². The molecule has 16 heavy (non-hydrogen) atoms. The minimum absolute atomic E-state index is 0.0891. The molecule has 0 bridgehead atoms. The Bertz CT molecular complexity index is 409. The minimum Gasteiger partial charge on any atom is -0.355 e. The highest BCUT2D eigenvalue weighted by atomic mass is 16.1. The van der Waals surface area contributed by atoms with Crippen molar-refractivity contribution in [1.29, 1.82) is 5.26 Å². The van der Waals surface area contributed by atoms with Crippen LogP contribution in [0.3, 0.4) is 0 Å². The number of carbonyl (C=O) groups is 1. The zero-order chi connectivity index (χ0) is 11.4. The molecule has 1 aliphatic rings. The second-order valence-electron chi connectivity index (χ2n) is 3.86. The van der Waals surface area contributed by atoms with Gasteiger partial charge in [0.25, 0.3) is 0 Å². The van der Waals surface area contributed by atoms with Gasteiger partial charge < -0.3 is 9.69 Å². The van der Waals surface area contributed by atoms with Crippen LogP contribution in [0.5, 0.6) is 0 Å². The molecule has 5 nitrogen and oxygen atoms in total. The first-order valence-corrected chi connectivity index (χ1v) is 5.26. The van der Waals surface area contributed by atoms with Gasteiger partial charge in [0.05, 0.1) is 12.4 Å². The fourth-order valence-electron chi connectivity index (χ4n) is 1.87. The number of nitriles is 1. The van der Waals surface area contributed by atoms with Crippen molar-refractivity contribution in [3.05, 3.63) is 18.1 Å². The van der Waals surface area contributed by atoms with E-state index in [1.807, 2.05) is 11.0 Å². The number of hydrogen-bond donors (Lipinski definition) is 0. The molecule has 2 rings (SSSR count). The van der Waals surface area contributed by atoms with E-state index in [4.69, 9.17) is 5.26 Å². The maximum absolute atomic E-state index is 10.7. The predicted octanol–water partition coefficient (Wildman–Crippen LogP) is 0.764. The SMILES string of the molecule is N#Cc1cnc(N2CCCC(C=O)C2)cn1. The van der Waals surface area contributed by atoms with Crippen molar-refractivity contribution < 1.29 is 4.79 Å². The molecule has 0 aromatic carbocycles. The Morgan fingerprint density at radius 1 is 1.50 bits per heavy atom. The number of carbonyl (C=O) groups excluding carboxylic acids is 1. The van der Waals surface area contributed by atoms with E-state index < -0.39 is 0 Å². The van der Waals surface area contributed by atoms with Gasteiger partial charge in [-0.2, -0.15) is 5.26 Å². The van der Waals surface area contributed by atoms with Crippen molar-refractivity contribution >= 4 is 12.1 Å². The van der Waals surface area contributed by atoms with Crippen LogP contribution in [0.1, 0.15) is 18.5 Å². The van der Waals surface area contributed by atoms with Gasteiger partial charge in [0.2, 0.25) is 0 Å². The van der Waals surface area contributed by atoms with Crippen molar-refractivity contribution in [1.82, 2.24) is 9.97 Å². The lowest BCUT2D eigenvalue weighted by atomic mass is 10.00. The molecule has 1 atom stereocenters. The molecule has 82 valence electrons. The summed E-state index contributed by atoms with van der Waals surface area (Å²) in [5, 5.41) is 8.61. The maximum atomic E-state index is 10.7. The van der Waals surface area contributed by atoms with Crippen LogP contribution in [0.2, 0.25) is 0 Å². The van der Waals surface area contributed by atoms with Gasteiger partial charge in [-0.05, 0) is 12.8 Å². The van der Waals surface area contributed by atoms with Crippen LogP contribution in [0.25, 0.3) is 0 Å². The third-order valence-corrected chi connectivity index (χ3v) is 2.73. The van der Waals surface area contributed by atoms with Gasteiger partial charge in [-0.15, -0.1) is 0 Å². The molecule has 0 radical (unpaired) electrons. The molecular weight excluding hydrogens is 204 g/mol. The number of aromatic nitrogens is 2. The molecule has 0 aliphatic carbocycles. The molecule has 1 unspecified atom stereocenters. The average molecular weight is 216 g/mol. The van der Waals surface area contributed by atoms with Crippen LogP contribution in [0.15, 0.2) is 12.4 Å². The van der Waals surface area contributed by atoms with E-state index in [9.17, 15) is 4.79 Å². The molecule has 0 amide bonds. The van der Waals surface area contributed by atoms with Crippen LogP contribution in [0.4, 0.5) is 5.82 Å². The Hall–Kier alpha value is -1.96. The van der Waals surface area contributed by atoms with Crippen LogP contribution in [-0.4, -0.2) is 29.3 Å². The van der Waals surface area contributed by atoms with E-state index >= 15 is 0 Å². The topological polar surface area (TPSA) is 69.9 Å². The largest absolute Gasteiger partial charge is 0.355 e. The van der Waals surface area contributed by atoms with Gasteiger partial charge >= 0.3 is 0 Å². The Kier molecular flexibility index (Phi) is 3.10. The van der Waals surface area contributed by atoms with Crippen LogP contribution < -0.4 is 4.90 Å². The monoisotopic (exact) mass is 216 g/mol. The number of nitrogens with zero attached hydrogens (tertiary/aromatic N) is 4. The smallest absolute Gasteiger partial charge is 0.158 e. The average Bonchev–Trinajstić information content (AvgIpc) is 2.39. The number of hydrogen-bond acceptors (Lipinski definition) is 5. The van der Waals surface area contributed by atoms with Crippen LogP contribution in [-0.2, 0) is 4.79 Å². The molecule has 0 N–H and O–H groups in total. The van der Waals surface area contributed by atoms with Gasteiger partial charge in [-0.3, -0.25) is 0 Å².